The summed E-state index contributed by atoms with van der Waals surface area (Å²) in [6.07, 6.45) is 0. The molecule has 0 unspecified atom stereocenters. The van der Waals surface area contributed by atoms with Crippen LogP contribution in [0.2, 0.25) is 0 Å². The third-order valence-electron chi connectivity index (χ3n) is 0.773. The second-order valence-corrected chi connectivity index (χ2v) is 1.47. The van der Waals surface area contributed by atoms with E-state index in [1.54, 1.807) is 0 Å². The van der Waals surface area contributed by atoms with E-state index in [0.29, 0.717) is 6.47 Å². The second kappa shape index (κ2) is 9.31. The van der Waals surface area contributed by atoms with Gasteiger partial charge in [0, 0.05) is 0 Å². The van der Waals surface area contributed by atoms with Gasteiger partial charge in [-0.25, -0.2) is 4.89 Å². The van der Waals surface area contributed by atoms with Gasteiger partial charge in [-0.05, 0) is 0 Å². The molecule has 0 aromatic heterocycles. The highest BCUT2D eigenvalue weighted by Gasteiger charge is 1.87. The fourth-order valence-corrected chi connectivity index (χ4v) is 0.384. The lowest BCUT2D eigenvalue weighted by Gasteiger charge is -2.05. The Morgan fingerprint density at radius 1 is 1.18 bits per heavy atom. The molecule has 0 radical (unpaired) electrons. The molecular weight excluding hydrogens is 156 g/mol. The summed E-state index contributed by atoms with van der Waals surface area (Å²) < 4.78 is 9.11. The lowest BCUT2D eigenvalue weighted by Crippen LogP contribution is -2.12. The Hall–Kier alpha value is -0.690. The monoisotopic (exact) mass is 165 g/mol. The number of carbonyl (C=O) groups is 1. The van der Waals surface area contributed by atoms with Gasteiger partial charge in [-0.2, -0.15) is 0 Å². The first-order valence-electron chi connectivity index (χ1n) is 2.96. The van der Waals surface area contributed by atoms with E-state index in [1.807, 2.05) is 0 Å². The molecule has 0 spiro atoms. The fraction of sp³-hybridized carbons (Fsp3) is 0.800. The minimum Gasteiger partial charge on any atom is -0.692 e. The standard InChI is InChI=1S/C5H10O6/c6-5-9-2-1-8-3-4-10-11-7/h5,7H,1-4H2/p-1. The Morgan fingerprint density at radius 3 is 2.55 bits per heavy atom. The maximum Gasteiger partial charge on any atom is 0.293 e. The normalized spacial score (nSPS) is 9.55. The molecule has 0 aliphatic carbocycles. The number of rotatable bonds is 8. The van der Waals surface area contributed by atoms with Crippen LogP contribution in [0.3, 0.4) is 0 Å². The minimum absolute atomic E-state index is 0.0601. The van der Waals surface area contributed by atoms with Crippen LogP contribution in [0.15, 0.2) is 0 Å². The molecule has 6 nitrogen and oxygen atoms in total. The van der Waals surface area contributed by atoms with Gasteiger partial charge in [0.2, 0.25) is 0 Å². The van der Waals surface area contributed by atoms with Gasteiger partial charge >= 0.3 is 0 Å². The highest BCUT2D eigenvalue weighted by molar-refractivity contribution is 5.36. The topological polar surface area (TPSA) is 77.1 Å². The maximum absolute atomic E-state index is 9.58. The Morgan fingerprint density at radius 2 is 1.91 bits per heavy atom. The smallest absolute Gasteiger partial charge is 0.293 e. The molecule has 0 N–H and O–H groups in total. The van der Waals surface area contributed by atoms with E-state index in [0.717, 1.165) is 0 Å². The number of hydrogen-bond acceptors (Lipinski definition) is 6. The lowest BCUT2D eigenvalue weighted by molar-refractivity contribution is -0.800. The maximum atomic E-state index is 9.58. The Bertz CT molecular complexity index is 85.0. The first-order valence-corrected chi connectivity index (χ1v) is 2.96. The van der Waals surface area contributed by atoms with E-state index < -0.39 is 0 Å². The van der Waals surface area contributed by atoms with Gasteiger partial charge in [-0.1, -0.05) is 0 Å². The third-order valence-corrected chi connectivity index (χ3v) is 0.773. The van der Waals surface area contributed by atoms with Crippen molar-refractivity contribution in [3.05, 3.63) is 0 Å². The first kappa shape index (κ1) is 10.3. The van der Waals surface area contributed by atoms with Crippen molar-refractivity contribution < 1.29 is 29.5 Å². The van der Waals surface area contributed by atoms with Crippen LogP contribution in [-0.4, -0.2) is 32.9 Å². The predicted octanol–water partition coefficient (Wildman–Crippen LogP) is -1.60. The molecule has 0 aliphatic heterocycles. The van der Waals surface area contributed by atoms with E-state index in [1.165, 1.54) is 0 Å². The summed E-state index contributed by atoms with van der Waals surface area (Å²) in [5.74, 6) is 0. The van der Waals surface area contributed by atoms with E-state index in [4.69, 9.17) is 4.74 Å². The van der Waals surface area contributed by atoms with E-state index >= 15 is 0 Å². The van der Waals surface area contributed by atoms with Gasteiger partial charge in [-0.3, -0.25) is 9.83 Å². The molecule has 0 rings (SSSR count). The van der Waals surface area contributed by atoms with Crippen LogP contribution in [0.4, 0.5) is 0 Å². The van der Waals surface area contributed by atoms with E-state index in [-0.39, 0.29) is 26.4 Å². The van der Waals surface area contributed by atoms with Gasteiger partial charge in [0.05, 0.1) is 13.2 Å². The Kier molecular flexibility index (Phi) is 8.73. The van der Waals surface area contributed by atoms with E-state index in [9.17, 15) is 10.1 Å². The molecule has 6 heteroatoms. The van der Waals surface area contributed by atoms with Crippen LogP contribution >= 0.6 is 0 Å². The van der Waals surface area contributed by atoms with Crippen molar-refractivity contribution >= 4 is 6.47 Å². The Balaban J connectivity index is 2.74. The Labute approximate surface area is 63.5 Å². The highest BCUT2D eigenvalue weighted by atomic mass is 17.5. The molecule has 0 aliphatic rings. The molecule has 11 heavy (non-hydrogen) atoms. The average molecular weight is 165 g/mol. The van der Waals surface area contributed by atoms with Crippen LogP contribution in [0, 0.1) is 0 Å². The van der Waals surface area contributed by atoms with Crippen molar-refractivity contribution in [3.63, 3.8) is 0 Å². The van der Waals surface area contributed by atoms with Crippen LogP contribution in [0.5, 0.6) is 0 Å². The molecule has 0 heterocycles. The van der Waals surface area contributed by atoms with Crippen molar-refractivity contribution in [1.82, 2.24) is 0 Å². The largest absolute Gasteiger partial charge is 0.692 e. The van der Waals surface area contributed by atoms with E-state index in [2.05, 4.69) is 14.7 Å². The second-order valence-electron chi connectivity index (χ2n) is 1.47. The van der Waals surface area contributed by atoms with Gasteiger partial charge in [0.15, 0.2) is 0 Å². The lowest BCUT2D eigenvalue weighted by atomic mass is 10.7. The van der Waals surface area contributed by atoms with Crippen molar-refractivity contribution in [2.75, 3.05) is 26.4 Å². The fourth-order valence-electron chi connectivity index (χ4n) is 0.384. The van der Waals surface area contributed by atoms with Crippen LogP contribution < -0.4 is 5.26 Å². The average Bonchev–Trinajstić information content (AvgIpc) is 2.03. The molecule has 0 atom stereocenters. The predicted molar refractivity (Wildman–Crippen MR) is 29.9 cm³/mol. The van der Waals surface area contributed by atoms with Gasteiger partial charge in [-0.15, -0.1) is 0 Å². The van der Waals surface area contributed by atoms with Crippen molar-refractivity contribution in [2.24, 2.45) is 0 Å². The van der Waals surface area contributed by atoms with Crippen LogP contribution in [-0.2, 0) is 24.2 Å². The molecule has 0 bridgehead atoms. The highest BCUT2D eigenvalue weighted by Crippen LogP contribution is 1.77. The summed E-state index contributed by atoms with van der Waals surface area (Å²) in [6.45, 7) is 1.10. The molecule has 0 saturated heterocycles. The SMILES string of the molecule is O=COCCOCCOO[O-]. The zero-order valence-corrected chi connectivity index (χ0v) is 5.86. The summed E-state index contributed by atoms with van der Waals surface area (Å²) in [5, 5.41) is 12.3. The van der Waals surface area contributed by atoms with Crippen molar-refractivity contribution in [2.45, 2.75) is 0 Å². The molecule has 0 saturated carbocycles. The van der Waals surface area contributed by atoms with Crippen LogP contribution in [0.1, 0.15) is 0 Å². The number of carbonyl (C=O) groups excluding carboxylic acids is 1. The van der Waals surface area contributed by atoms with Gasteiger partial charge < -0.3 is 14.7 Å². The molecular formula is C5H9O6-. The van der Waals surface area contributed by atoms with Crippen molar-refractivity contribution in [1.29, 1.82) is 0 Å². The number of hydrogen-bond donors (Lipinski definition) is 0. The summed E-state index contributed by atoms with van der Waals surface area (Å²) in [5.41, 5.74) is 0. The molecule has 0 aromatic carbocycles. The molecule has 66 valence electrons. The zero-order chi connectivity index (χ0) is 8.36. The third kappa shape index (κ3) is 9.31. The molecule has 0 aromatic rings. The van der Waals surface area contributed by atoms with Gasteiger partial charge in [0.1, 0.15) is 13.2 Å². The van der Waals surface area contributed by atoms with Crippen LogP contribution in [0.25, 0.3) is 0 Å². The summed E-state index contributed by atoms with van der Waals surface area (Å²) in [7, 11) is 0. The number of ether oxygens (including phenoxy) is 2. The summed E-state index contributed by atoms with van der Waals surface area (Å²) >= 11 is 0. The summed E-state index contributed by atoms with van der Waals surface area (Å²) in [4.78, 5) is 13.5. The first-order chi connectivity index (χ1) is 5.41. The summed E-state index contributed by atoms with van der Waals surface area (Å²) in [6, 6.07) is 0. The molecule has 0 fully saturated rings. The quantitative estimate of drug-likeness (QED) is 0.186. The van der Waals surface area contributed by atoms with Crippen molar-refractivity contribution in [3.8, 4) is 0 Å². The van der Waals surface area contributed by atoms with Gasteiger partial charge in [0.25, 0.3) is 6.47 Å². The minimum atomic E-state index is 0.0601. The zero-order valence-electron chi connectivity index (χ0n) is 5.86. The molecule has 0 amide bonds.